The van der Waals surface area contributed by atoms with Gasteiger partial charge in [-0.15, -0.1) is 0 Å². The van der Waals surface area contributed by atoms with E-state index in [9.17, 15) is 5.11 Å². The normalized spacial score (nSPS) is 34.0. The number of likely N-dealkylation sites (N-methyl/N-ethyl adjacent to an activating group) is 1. The molecule has 1 unspecified atom stereocenters. The van der Waals surface area contributed by atoms with Crippen LogP contribution in [0.3, 0.4) is 0 Å². The monoisotopic (exact) mass is 170 g/mol. The lowest BCUT2D eigenvalue weighted by atomic mass is 10.2. The topological polar surface area (TPSA) is 26.7 Å². The molecule has 12 heavy (non-hydrogen) atoms. The van der Waals surface area contributed by atoms with Gasteiger partial charge in [0.1, 0.15) is 0 Å². The molecule has 0 amide bonds. The van der Waals surface area contributed by atoms with Gasteiger partial charge in [-0.1, -0.05) is 0 Å². The van der Waals surface area contributed by atoms with Crippen molar-refractivity contribution >= 4 is 0 Å². The zero-order chi connectivity index (χ0) is 8.55. The number of rotatable bonds is 2. The van der Waals surface area contributed by atoms with Crippen molar-refractivity contribution in [2.75, 3.05) is 33.3 Å². The summed E-state index contributed by atoms with van der Waals surface area (Å²) in [7, 11) is 2.13. The van der Waals surface area contributed by atoms with Gasteiger partial charge in [0.2, 0.25) is 0 Å². The predicted molar refractivity (Wildman–Crippen MR) is 48.1 cm³/mol. The standard InChI is InChI=1S/C9H18N2O/c1-10-4-5-11(8-2-3-8)9(6-10)7-12/h8-9,12H,2-7H2,1H3. The van der Waals surface area contributed by atoms with Crippen LogP contribution < -0.4 is 0 Å². The van der Waals surface area contributed by atoms with Gasteiger partial charge in [-0.25, -0.2) is 0 Å². The minimum absolute atomic E-state index is 0.320. The second-order valence-corrected chi connectivity index (χ2v) is 4.07. The van der Waals surface area contributed by atoms with Crippen LogP contribution in [0, 0.1) is 0 Å². The molecule has 2 rings (SSSR count). The van der Waals surface area contributed by atoms with Crippen molar-refractivity contribution in [2.45, 2.75) is 24.9 Å². The highest BCUT2D eigenvalue weighted by Crippen LogP contribution is 2.29. The summed E-state index contributed by atoms with van der Waals surface area (Å²) >= 11 is 0. The van der Waals surface area contributed by atoms with Crippen molar-refractivity contribution in [3.8, 4) is 0 Å². The molecule has 1 atom stereocenters. The SMILES string of the molecule is CN1CCN(C2CC2)C(CO)C1. The molecule has 2 aliphatic rings. The van der Waals surface area contributed by atoms with Crippen LogP contribution >= 0.6 is 0 Å². The van der Waals surface area contributed by atoms with Crippen molar-refractivity contribution in [3.63, 3.8) is 0 Å². The van der Waals surface area contributed by atoms with Crippen molar-refractivity contribution < 1.29 is 5.11 Å². The molecule has 0 aromatic heterocycles. The molecule has 1 aliphatic carbocycles. The number of hydrogen-bond acceptors (Lipinski definition) is 3. The predicted octanol–water partition coefficient (Wildman–Crippen LogP) is -0.243. The Balaban J connectivity index is 1.92. The number of piperazine rings is 1. The Bertz CT molecular complexity index is 159. The first-order valence-corrected chi connectivity index (χ1v) is 4.86. The Morgan fingerprint density at radius 3 is 2.67 bits per heavy atom. The molecule has 2 fully saturated rings. The van der Waals surface area contributed by atoms with Gasteiger partial charge in [0.25, 0.3) is 0 Å². The number of aliphatic hydroxyl groups excluding tert-OH is 1. The van der Waals surface area contributed by atoms with E-state index < -0.39 is 0 Å². The highest BCUT2D eigenvalue weighted by atomic mass is 16.3. The van der Waals surface area contributed by atoms with Crippen molar-refractivity contribution in [1.29, 1.82) is 0 Å². The molecule has 0 spiro atoms. The summed E-state index contributed by atoms with van der Waals surface area (Å²) in [5, 5.41) is 9.19. The molecular weight excluding hydrogens is 152 g/mol. The van der Waals surface area contributed by atoms with Gasteiger partial charge in [0.05, 0.1) is 6.61 Å². The van der Waals surface area contributed by atoms with E-state index in [2.05, 4.69) is 16.8 Å². The minimum Gasteiger partial charge on any atom is -0.395 e. The molecule has 3 nitrogen and oxygen atoms in total. The molecule has 3 heteroatoms. The maximum atomic E-state index is 9.19. The first kappa shape index (κ1) is 8.48. The van der Waals surface area contributed by atoms with E-state index in [-0.39, 0.29) is 0 Å². The van der Waals surface area contributed by atoms with E-state index in [1.165, 1.54) is 12.8 Å². The number of aliphatic hydroxyl groups is 1. The van der Waals surface area contributed by atoms with Crippen LogP contribution in [0.5, 0.6) is 0 Å². The fourth-order valence-corrected chi connectivity index (χ4v) is 2.07. The second kappa shape index (κ2) is 3.32. The zero-order valence-corrected chi connectivity index (χ0v) is 7.74. The van der Waals surface area contributed by atoms with Gasteiger partial charge in [-0.3, -0.25) is 4.90 Å². The molecule has 0 aromatic carbocycles. The molecule has 1 heterocycles. The Labute approximate surface area is 74.0 Å². The largest absolute Gasteiger partial charge is 0.395 e. The quantitative estimate of drug-likeness (QED) is 0.619. The van der Waals surface area contributed by atoms with E-state index in [1.54, 1.807) is 0 Å². The number of nitrogens with zero attached hydrogens (tertiary/aromatic N) is 2. The van der Waals surface area contributed by atoms with Crippen LogP contribution in [0.4, 0.5) is 0 Å². The lowest BCUT2D eigenvalue weighted by Crippen LogP contribution is -2.54. The Morgan fingerprint density at radius 1 is 1.33 bits per heavy atom. The van der Waals surface area contributed by atoms with Crippen molar-refractivity contribution in [1.82, 2.24) is 9.80 Å². The fraction of sp³-hybridized carbons (Fsp3) is 1.00. The highest BCUT2D eigenvalue weighted by molar-refractivity contribution is 4.92. The maximum absolute atomic E-state index is 9.19. The lowest BCUT2D eigenvalue weighted by molar-refractivity contribution is 0.0455. The van der Waals surface area contributed by atoms with Crippen LogP contribution in [0.25, 0.3) is 0 Å². The van der Waals surface area contributed by atoms with Gasteiger partial charge in [-0.05, 0) is 19.9 Å². The van der Waals surface area contributed by atoms with E-state index in [4.69, 9.17) is 0 Å². The van der Waals surface area contributed by atoms with Crippen molar-refractivity contribution in [2.24, 2.45) is 0 Å². The molecule has 0 aromatic rings. The van der Waals surface area contributed by atoms with E-state index in [1.807, 2.05) is 0 Å². The van der Waals surface area contributed by atoms with Gasteiger partial charge < -0.3 is 10.0 Å². The summed E-state index contributed by atoms with van der Waals surface area (Å²) in [5.74, 6) is 0. The summed E-state index contributed by atoms with van der Waals surface area (Å²) in [5.41, 5.74) is 0. The smallest absolute Gasteiger partial charge is 0.0599 e. The molecule has 1 saturated carbocycles. The highest BCUT2D eigenvalue weighted by Gasteiger charge is 2.35. The zero-order valence-electron chi connectivity index (χ0n) is 7.74. The van der Waals surface area contributed by atoms with Crippen LogP contribution in [0.2, 0.25) is 0 Å². The van der Waals surface area contributed by atoms with Gasteiger partial charge in [0, 0.05) is 31.7 Å². The minimum atomic E-state index is 0.320. The van der Waals surface area contributed by atoms with E-state index in [0.717, 1.165) is 25.7 Å². The Morgan fingerprint density at radius 2 is 2.08 bits per heavy atom. The third kappa shape index (κ3) is 1.63. The summed E-state index contributed by atoms with van der Waals surface area (Å²) in [6.45, 7) is 3.66. The molecule has 0 radical (unpaired) electrons. The van der Waals surface area contributed by atoms with Crippen LogP contribution in [-0.4, -0.2) is 60.3 Å². The van der Waals surface area contributed by atoms with E-state index in [0.29, 0.717) is 12.6 Å². The summed E-state index contributed by atoms with van der Waals surface area (Å²) < 4.78 is 0. The maximum Gasteiger partial charge on any atom is 0.0599 e. The third-order valence-electron chi connectivity index (χ3n) is 2.96. The summed E-state index contributed by atoms with van der Waals surface area (Å²) in [4.78, 5) is 4.79. The lowest BCUT2D eigenvalue weighted by Gasteiger charge is -2.39. The molecule has 70 valence electrons. The first-order valence-electron chi connectivity index (χ1n) is 4.86. The van der Waals surface area contributed by atoms with Crippen LogP contribution in [0.15, 0.2) is 0 Å². The molecular formula is C9H18N2O. The van der Waals surface area contributed by atoms with Gasteiger partial charge >= 0.3 is 0 Å². The second-order valence-electron chi connectivity index (χ2n) is 4.07. The molecule has 0 bridgehead atoms. The molecule has 1 N–H and O–H groups in total. The Hall–Kier alpha value is -0.120. The fourth-order valence-electron chi connectivity index (χ4n) is 2.07. The third-order valence-corrected chi connectivity index (χ3v) is 2.96. The molecule has 1 aliphatic heterocycles. The number of hydrogen-bond donors (Lipinski definition) is 1. The van der Waals surface area contributed by atoms with Crippen LogP contribution in [0.1, 0.15) is 12.8 Å². The summed E-state index contributed by atoms with van der Waals surface area (Å²) in [6.07, 6.45) is 2.69. The van der Waals surface area contributed by atoms with Gasteiger partial charge in [-0.2, -0.15) is 0 Å². The average Bonchev–Trinajstić information content (AvgIpc) is 2.87. The first-order chi connectivity index (χ1) is 5.81. The summed E-state index contributed by atoms with van der Waals surface area (Å²) in [6, 6.07) is 1.20. The van der Waals surface area contributed by atoms with Gasteiger partial charge in [0.15, 0.2) is 0 Å². The van der Waals surface area contributed by atoms with Crippen molar-refractivity contribution in [3.05, 3.63) is 0 Å². The van der Waals surface area contributed by atoms with E-state index >= 15 is 0 Å². The van der Waals surface area contributed by atoms with Crippen LogP contribution in [-0.2, 0) is 0 Å². The molecule has 1 saturated heterocycles. The average molecular weight is 170 g/mol. The Kier molecular flexibility index (Phi) is 2.35.